The van der Waals surface area contributed by atoms with Crippen molar-refractivity contribution in [1.82, 2.24) is 25.2 Å². The van der Waals surface area contributed by atoms with Crippen LogP contribution < -0.4 is 15.8 Å². The number of carbonyl (C=O) groups is 1. The van der Waals surface area contributed by atoms with Crippen molar-refractivity contribution in [2.75, 3.05) is 56.6 Å². The van der Waals surface area contributed by atoms with E-state index in [0.717, 1.165) is 38.3 Å². The fraction of sp³-hybridized carbons (Fsp3) is 0.542. The van der Waals surface area contributed by atoms with E-state index in [9.17, 15) is 4.79 Å². The van der Waals surface area contributed by atoms with Gasteiger partial charge in [0.05, 0.1) is 6.20 Å². The number of anilines is 2. The van der Waals surface area contributed by atoms with Gasteiger partial charge >= 0.3 is 0 Å². The molecule has 0 radical (unpaired) electrons. The largest absolute Gasteiger partial charge is 0.357 e. The van der Waals surface area contributed by atoms with Crippen LogP contribution in [0.3, 0.4) is 0 Å². The molecule has 2 aromatic rings. The van der Waals surface area contributed by atoms with Gasteiger partial charge in [-0.3, -0.25) is 20.1 Å². The van der Waals surface area contributed by atoms with Crippen LogP contribution in [-0.2, 0) is 6.54 Å². The Labute approximate surface area is 202 Å². The van der Waals surface area contributed by atoms with Crippen LogP contribution >= 0.6 is 11.6 Å². The number of rotatable bonds is 10. The lowest BCUT2D eigenvalue weighted by Gasteiger charge is -2.34. The van der Waals surface area contributed by atoms with Crippen LogP contribution in [0.2, 0.25) is 5.02 Å². The number of carbonyl (C=O) groups excluding carboxylic acids is 1. The third kappa shape index (κ3) is 7.28. The zero-order valence-electron chi connectivity index (χ0n) is 20.1. The number of nitrogens with zero attached hydrogens (tertiary/aromatic N) is 5. The Morgan fingerprint density at radius 2 is 1.94 bits per heavy atom. The summed E-state index contributed by atoms with van der Waals surface area (Å²) in [6.07, 6.45) is 2.73. The van der Waals surface area contributed by atoms with E-state index in [1.807, 2.05) is 18.2 Å². The molecule has 9 heteroatoms. The van der Waals surface area contributed by atoms with E-state index in [1.165, 1.54) is 19.2 Å². The molecule has 8 nitrogen and oxygen atoms in total. The van der Waals surface area contributed by atoms with Crippen LogP contribution in [-0.4, -0.2) is 72.0 Å². The number of aromatic nitrogens is 2. The molecule has 1 amide bonds. The van der Waals surface area contributed by atoms with Crippen molar-refractivity contribution in [1.29, 1.82) is 0 Å². The van der Waals surface area contributed by atoms with E-state index < -0.39 is 0 Å². The molecule has 1 aliphatic heterocycles. The SMILES string of the molecule is CCCN1CCN(Cc2cccc(C(=O)NN(CC(C)C)c3nc(NC)ncc3Cl)c2)CC1. The number of hydrazine groups is 1. The first-order valence-corrected chi connectivity index (χ1v) is 12.1. The van der Waals surface area contributed by atoms with Crippen molar-refractivity contribution in [3.05, 3.63) is 46.6 Å². The van der Waals surface area contributed by atoms with Crippen molar-refractivity contribution in [3.63, 3.8) is 0 Å². The van der Waals surface area contributed by atoms with Crippen LogP contribution in [0.1, 0.15) is 43.1 Å². The fourth-order valence-corrected chi connectivity index (χ4v) is 4.15. The average Bonchev–Trinajstić information content (AvgIpc) is 2.80. The van der Waals surface area contributed by atoms with Gasteiger partial charge in [-0.25, -0.2) is 4.98 Å². The highest BCUT2D eigenvalue weighted by molar-refractivity contribution is 6.32. The summed E-state index contributed by atoms with van der Waals surface area (Å²) in [6, 6.07) is 7.84. The van der Waals surface area contributed by atoms with E-state index in [4.69, 9.17) is 11.6 Å². The van der Waals surface area contributed by atoms with Crippen molar-refractivity contribution >= 4 is 29.3 Å². The number of nitrogens with one attached hydrogen (secondary N) is 2. The van der Waals surface area contributed by atoms with E-state index in [1.54, 1.807) is 12.1 Å². The molecule has 0 bridgehead atoms. The van der Waals surface area contributed by atoms with Gasteiger partial charge in [0.1, 0.15) is 5.02 Å². The van der Waals surface area contributed by atoms with Gasteiger partial charge in [0.15, 0.2) is 5.82 Å². The highest BCUT2D eigenvalue weighted by Gasteiger charge is 2.20. The van der Waals surface area contributed by atoms with E-state index >= 15 is 0 Å². The molecule has 180 valence electrons. The van der Waals surface area contributed by atoms with Crippen molar-refractivity contribution in [3.8, 4) is 0 Å². The fourth-order valence-electron chi connectivity index (χ4n) is 3.96. The zero-order chi connectivity index (χ0) is 23.8. The molecule has 33 heavy (non-hydrogen) atoms. The summed E-state index contributed by atoms with van der Waals surface area (Å²) < 4.78 is 0. The normalized spacial score (nSPS) is 15.0. The number of piperazine rings is 1. The molecule has 0 spiro atoms. The Morgan fingerprint density at radius 3 is 2.61 bits per heavy atom. The van der Waals surface area contributed by atoms with Gasteiger partial charge in [0, 0.05) is 51.9 Å². The molecular weight excluding hydrogens is 438 g/mol. The molecule has 0 saturated carbocycles. The molecule has 1 aromatic heterocycles. The van der Waals surface area contributed by atoms with Gasteiger partial charge < -0.3 is 10.2 Å². The van der Waals surface area contributed by atoms with Gasteiger partial charge in [-0.05, 0) is 36.6 Å². The first-order chi connectivity index (χ1) is 15.9. The Morgan fingerprint density at radius 1 is 1.21 bits per heavy atom. The predicted molar refractivity (Wildman–Crippen MR) is 135 cm³/mol. The minimum absolute atomic E-state index is 0.189. The summed E-state index contributed by atoms with van der Waals surface area (Å²) in [5, 5.41) is 5.00. The molecule has 1 fully saturated rings. The number of halogens is 1. The standard InChI is InChI=1S/C24H36ClN7O/c1-5-9-30-10-12-31(13-11-30)17-19-7-6-8-20(14-19)23(33)29-32(16-18(2)3)22-21(25)15-27-24(26-4)28-22/h6-8,14-15,18H,5,9-13,16-17H2,1-4H3,(H,29,33)(H,26,27,28). The lowest BCUT2D eigenvalue weighted by molar-refractivity contribution is 0.0947. The molecule has 1 saturated heterocycles. The van der Waals surface area contributed by atoms with Crippen LogP contribution in [0.5, 0.6) is 0 Å². The Balaban J connectivity index is 1.69. The van der Waals surface area contributed by atoms with Crippen LogP contribution in [0, 0.1) is 5.92 Å². The van der Waals surface area contributed by atoms with Crippen LogP contribution in [0.25, 0.3) is 0 Å². The average molecular weight is 474 g/mol. The highest BCUT2D eigenvalue weighted by atomic mass is 35.5. The van der Waals surface area contributed by atoms with Crippen molar-refractivity contribution in [2.24, 2.45) is 5.92 Å². The predicted octanol–water partition coefficient (Wildman–Crippen LogP) is 3.51. The number of hydrogen-bond acceptors (Lipinski definition) is 7. The zero-order valence-corrected chi connectivity index (χ0v) is 20.9. The van der Waals surface area contributed by atoms with Gasteiger partial charge in [-0.2, -0.15) is 4.98 Å². The molecule has 3 rings (SSSR count). The summed E-state index contributed by atoms with van der Waals surface area (Å²) in [4.78, 5) is 26.7. The summed E-state index contributed by atoms with van der Waals surface area (Å²) in [6.45, 7) is 13.3. The minimum Gasteiger partial charge on any atom is -0.357 e. The molecule has 2 N–H and O–H groups in total. The first-order valence-electron chi connectivity index (χ1n) is 11.7. The second-order valence-electron chi connectivity index (χ2n) is 8.88. The lowest BCUT2D eigenvalue weighted by atomic mass is 10.1. The highest BCUT2D eigenvalue weighted by Crippen LogP contribution is 2.23. The summed E-state index contributed by atoms with van der Waals surface area (Å²) in [7, 11) is 1.74. The van der Waals surface area contributed by atoms with Gasteiger partial charge in [-0.1, -0.05) is 44.5 Å². The molecule has 0 atom stereocenters. The Bertz CT molecular complexity index is 915. The van der Waals surface area contributed by atoms with Crippen molar-refractivity contribution < 1.29 is 4.79 Å². The number of benzene rings is 1. The Hall–Kier alpha value is -2.42. The van der Waals surface area contributed by atoms with Crippen LogP contribution in [0.4, 0.5) is 11.8 Å². The first kappa shape index (κ1) is 25.2. The topological polar surface area (TPSA) is 76.6 Å². The summed E-state index contributed by atoms with van der Waals surface area (Å²) >= 11 is 6.37. The van der Waals surface area contributed by atoms with Gasteiger partial charge in [0.2, 0.25) is 5.95 Å². The minimum atomic E-state index is -0.189. The monoisotopic (exact) mass is 473 g/mol. The number of hydrogen-bond donors (Lipinski definition) is 2. The molecule has 1 aliphatic rings. The molecule has 0 unspecified atom stereocenters. The maximum atomic E-state index is 13.2. The van der Waals surface area contributed by atoms with E-state index in [0.29, 0.717) is 28.9 Å². The summed E-state index contributed by atoms with van der Waals surface area (Å²) in [5.41, 5.74) is 4.75. The van der Waals surface area contributed by atoms with E-state index in [-0.39, 0.29) is 11.8 Å². The third-order valence-corrected chi connectivity index (χ3v) is 5.86. The molecule has 0 aliphatic carbocycles. The molecule has 1 aromatic carbocycles. The lowest BCUT2D eigenvalue weighted by Crippen LogP contribution is -2.46. The smallest absolute Gasteiger partial charge is 0.269 e. The number of amides is 1. The van der Waals surface area contributed by atoms with Crippen LogP contribution in [0.15, 0.2) is 30.5 Å². The summed E-state index contributed by atoms with van der Waals surface area (Å²) in [5.74, 6) is 1.01. The van der Waals surface area contributed by atoms with Crippen molar-refractivity contribution in [2.45, 2.75) is 33.7 Å². The maximum absolute atomic E-state index is 13.2. The van der Waals surface area contributed by atoms with Gasteiger partial charge in [0.25, 0.3) is 5.91 Å². The molecule has 2 heterocycles. The Kier molecular flexibility index (Phi) is 9.29. The second kappa shape index (κ2) is 12.2. The second-order valence-corrected chi connectivity index (χ2v) is 9.29. The van der Waals surface area contributed by atoms with Gasteiger partial charge in [-0.15, -0.1) is 0 Å². The quantitative estimate of drug-likeness (QED) is 0.511. The maximum Gasteiger partial charge on any atom is 0.269 e. The van der Waals surface area contributed by atoms with E-state index in [2.05, 4.69) is 57.3 Å². The third-order valence-electron chi connectivity index (χ3n) is 5.59. The molecular formula is C24H36ClN7O.